The van der Waals surface area contributed by atoms with Gasteiger partial charge >= 0.3 is 20.4 Å². The Morgan fingerprint density at radius 3 is 1.09 bits per heavy atom. The summed E-state index contributed by atoms with van der Waals surface area (Å²) in [5, 5.41) is 18.3. The third-order valence-electron chi connectivity index (χ3n) is 0.333. The van der Waals surface area contributed by atoms with Crippen molar-refractivity contribution in [3.8, 4) is 0 Å². The topological polar surface area (TPSA) is 80.3 Å². The molecule has 0 aliphatic carbocycles. The number of carbonyl (C=O) groups is 2. The summed E-state index contributed by atoms with van der Waals surface area (Å²) in [6, 6.07) is 0. The van der Waals surface area contributed by atoms with E-state index in [1.54, 1.807) is 0 Å². The molecule has 0 aliphatic heterocycles. The van der Waals surface area contributed by atoms with Crippen LogP contribution in [0.4, 0.5) is 0 Å². The molecule has 0 unspecified atom stereocenters. The van der Waals surface area contributed by atoms with E-state index in [0.29, 0.717) is 0 Å². The predicted molar refractivity (Wildman–Crippen MR) is 30.4 cm³/mol. The second-order valence-corrected chi connectivity index (χ2v) is 1.05. The van der Waals surface area contributed by atoms with E-state index < -0.39 is 11.9 Å². The molecule has 0 N–H and O–H groups in total. The summed E-state index contributed by atoms with van der Waals surface area (Å²) in [7, 11) is 0. The van der Waals surface area contributed by atoms with Crippen molar-refractivity contribution in [2.24, 2.45) is 0 Å². The van der Waals surface area contributed by atoms with Gasteiger partial charge in [0.15, 0.2) is 0 Å². The molecule has 0 aliphatic rings. The molecule has 0 aromatic heterocycles. The monoisotopic (exact) mass is 248 g/mol. The maximum Gasteiger partial charge on any atom is 2.00 e. The number of carbonyl (C=O) groups excluding carboxylic acids is 2. The Hall–Kier alpha value is -0.918. The van der Waals surface area contributed by atoms with Crippen molar-refractivity contribution in [1.82, 2.24) is 0 Å². The van der Waals surface area contributed by atoms with Gasteiger partial charge in [-0.05, 0) is 12.2 Å². The summed E-state index contributed by atoms with van der Waals surface area (Å²) in [6.45, 7) is 5.80. The number of hydrogen-bond donors (Lipinski definition) is 0. The Morgan fingerprint density at radius 2 is 1.09 bits per heavy atom. The van der Waals surface area contributed by atoms with Gasteiger partial charge < -0.3 is 19.8 Å². The SMILES string of the molecule is C=CC(=O)[O-].C=CC(=O)[O-].[Pd+2]. The molecule has 0 aromatic rings. The largest absolute Gasteiger partial charge is 2.00 e. The number of rotatable bonds is 2. The van der Waals surface area contributed by atoms with Crippen LogP contribution in [0.2, 0.25) is 0 Å². The Kier molecular flexibility index (Phi) is 17.8. The fraction of sp³-hybridized carbons (Fsp3) is 0. The van der Waals surface area contributed by atoms with E-state index in [1.807, 2.05) is 0 Å². The molecular weight excluding hydrogens is 242 g/mol. The van der Waals surface area contributed by atoms with E-state index in [1.165, 1.54) is 0 Å². The summed E-state index contributed by atoms with van der Waals surface area (Å²) in [6.07, 6.45) is 1.44. The number of carboxylic acid groups (broad SMARTS) is 2. The second-order valence-electron chi connectivity index (χ2n) is 1.05. The van der Waals surface area contributed by atoms with Gasteiger partial charge in [0.1, 0.15) is 0 Å². The van der Waals surface area contributed by atoms with Crippen molar-refractivity contribution in [2.75, 3.05) is 0 Å². The van der Waals surface area contributed by atoms with Gasteiger partial charge in [-0.3, -0.25) is 0 Å². The van der Waals surface area contributed by atoms with Crippen LogP contribution in [0, 0.1) is 0 Å². The minimum absolute atomic E-state index is 0. The van der Waals surface area contributed by atoms with E-state index in [9.17, 15) is 0 Å². The second kappa shape index (κ2) is 11.8. The zero-order chi connectivity index (χ0) is 8.57. The molecule has 11 heavy (non-hydrogen) atoms. The number of carboxylic acids is 2. The molecular formula is C6H6O4Pd. The van der Waals surface area contributed by atoms with E-state index >= 15 is 0 Å². The maximum atomic E-state index is 9.14. The van der Waals surface area contributed by atoms with Crippen LogP contribution in [-0.4, -0.2) is 11.9 Å². The molecule has 0 atom stereocenters. The first kappa shape index (κ1) is 16.6. The fourth-order valence-corrected chi connectivity index (χ4v) is 0. The molecule has 5 heteroatoms. The third kappa shape index (κ3) is 48.0. The maximum absolute atomic E-state index is 9.14. The van der Waals surface area contributed by atoms with Crippen molar-refractivity contribution >= 4 is 11.9 Å². The van der Waals surface area contributed by atoms with Crippen molar-refractivity contribution in [1.29, 1.82) is 0 Å². The Balaban J connectivity index is -0.000000107. The van der Waals surface area contributed by atoms with Gasteiger partial charge in [0.2, 0.25) is 0 Å². The van der Waals surface area contributed by atoms with Gasteiger partial charge in [-0.2, -0.15) is 0 Å². The van der Waals surface area contributed by atoms with Crippen LogP contribution in [0.15, 0.2) is 25.3 Å². The van der Waals surface area contributed by atoms with E-state index in [-0.39, 0.29) is 20.4 Å². The molecule has 0 rings (SSSR count). The van der Waals surface area contributed by atoms with Gasteiger partial charge in [-0.15, -0.1) is 0 Å². The molecule has 0 aromatic carbocycles. The van der Waals surface area contributed by atoms with E-state index in [0.717, 1.165) is 12.2 Å². The number of aliphatic carboxylic acids is 2. The smallest absolute Gasteiger partial charge is 0.545 e. The zero-order valence-electron chi connectivity index (χ0n) is 5.52. The number of hydrogen-bond acceptors (Lipinski definition) is 4. The Morgan fingerprint density at radius 1 is 1.00 bits per heavy atom. The first-order chi connectivity index (χ1) is 4.54. The first-order valence-electron chi connectivity index (χ1n) is 2.21. The van der Waals surface area contributed by atoms with Crippen LogP contribution in [0.1, 0.15) is 0 Å². The van der Waals surface area contributed by atoms with Gasteiger partial charge in [0.05, 0.1) is 11.9 Å². The Labute approximate surface area is 77.9 Å². The molecule has 64 valence electrons. The van der Waals surface area contributed by atoms with E-state index in [4.69, 9.17) is 19.8 Å². The van der Waals surface area contributed by atoms with Gasteiger partial charge in [-0.1, -0.05) is 13.2 Å². The van der Waals surface area contributed by atoms with E-state index in [2.05, 4.69) is 13.2 Å². The average molecular weight is 249 g/mol. The quantitative estimate of drug-likeness (QED) is 0.412. The van der Waals surface area contributed by atoms with Crippen LogP contribution >= 0.6 is 0 Å². The van der Waals surface area contributed by atoms with Crippen molar-refractivity contribution in [3.63, 3.8) is 0 Å². The summed E-state index contributed by atoms with van der Waals surface area (Å²) in [5.41, 5.74) is 0. The molecule has 0 radical (unpaired) electrons. The zero-order valence-corrected chi connectivity index (χ0v) is 7.07. The van der Waals surface area contributed by atoms with Crippen LogP contribution in [0.3, 0.4) is 0 Å². The Bertz CT molecular complexity index is 135. The van der Waals surface area contributed by atoms with Gasteiger partial charge in [0.25, 0.3) is 0 Å². The van der Waals surface area contributed by atoms with Crippen LogP contribution in [-0.2, 0) is 30.0 Å². The summed E-state index contributed by atoms with van der Waals surface area (Å²) in [4.78, 5) is 18.3. The molecule has 0 amide bonds. The summed E-state index contributed by atoms with van der Waals surface area (Å²) < 4.78 is 0. The average Bonchev–Trinajstić information content (AvgIpc) is 1.89. The van der Waals surface area contributed by atoms with Crippen molar-refractivity contribution in [2.45, 2.75) is 0 Å². The molecule has 4 nitrogen and oxygen atoms in total. The van der Waals surface area contributed by atoms with Crippen LogP contribution in [0.25, 0.3) is 0 Å². The summed E-state index contributed by atoms with van der Waals surface area (Å²) in [5.74, 6) is -2.46. The van der Waals surface area contributed by atoms with Gasteiger partial charge in [0, 0.05) is 0 Å². The summed E-state index contributed by atoms with van der Waals surface area (Å²) >= 11 is 0. The minimum Gasteiger partial charge on any atom is -0.545 e. The molecule has 0 heterocycles. The molecule has 0 fully saturated rings. The van der Waals surface area contributed by atoms with Crippen molar-refractivity contribution in [3.05, 3.63) is 25.3 Å². The molecule has 0 bridgehead atoms. The molecule has 0 spiro atoms. The predicted octanol–water partition coefficient (Wildman–Crippen LogP) is -2.16. The molecule has 0 saturated heterocycles. The van der Waals surface area contributed by atoms with Crippen LogP contribution in [0.5, 0.6) is 0 Å². The molecule has 0 saturated carbocycles. The fourth-order valence-electron chi connectivity index (χ4n) is 0. The van der Waals surface area contributed by atoms with Crippen molar-refractivity contribution < 1.29 is 40.2 Å². The van der Waals surface area contributed by atoms with Gasteiger partial charge in [-0.25, -0.2) is 0 Å². The first-order valence-corrected chi connectivity index (χ1v) is 2.21. The normalized spacial score (nSPS) is 5.82. The standard InChI is InChI=1S/2C3H4O2.Pd/c2*1-2-3(4)5;/h2*2H,1H2,(H,4,5);/q;;+2/p-2. The minimum atomic E-state index is -1.23. The third-order valence-corrected chi connectivity index (χ3v) is 0.333. The van der Waals surface area contributed by atoms with Crippen LogP contribution < -0.4 is 10.2 Å².